The Morgan fingerprint density at radius 3 is 2.30 bits per heavy atom. The number of nitrogens with one attached hydrogen (secondary N) is 1. The summed E-state index contributed by atoms with van der Waals surface area (Å²) in [6, 6.07) is 0.736. The van der Waals surface area contributed by atoms with E-state index in [4.69, 9.17) is 0 Å². The second kappa shape index (κ2) is 3.97. The molecule has 0 amide bonds. The fourth-order valence-electron chi connectivity index (χ4n) is 1.87. The van der Waals surface area contributed by atoms with Gasteiger partial charge in [-0.2, -0.15) is 0 Å². The van der Waals surface area contributed by atoms with Crippen molar-refractivity contribution in [1.29, 1.82) is 0 Å². The number of hydrogen-bond acceptors (Lipinski definition) is 1. The topological polar surface area (TPSA) is 12.0 Å². The smallest absolute Gasteiger partial charge is 0.00639 e. The molecular formula is C9H19N. The maximum atomic E-state index is 3.33. The summed E-state index contributed by atoms with van der Waals surface area (Å²) in [5.74, 6) is 0.957. The minimum atomic E-state index is 0.736. The predicted molar refractivity (Wildman–Crippen MR) is 45.1 cm³/mol. The van der Waals surface area contributed by atoms with Crippen LogP contribution in [0.15, 0.2) is 0 Å². The molecule has 1 aliphatic rings. The molecule has 1 fully saturated rings. The number of rotatable bonds is 2. The maximum absolute atomic E-state index is 3.33. The van der Waals surface area contributed by atoms with Gasteiger partial charge in [0.05, 0.1) is 0 Å². The molecule has 1 atom stereocenters. The van der Waals surface area contributed by atoms with Crippen molar-refractivity contribution in [3.8, 4) is 0 Å². The molecule has 1 saturated carbocycles. The average Bonchev–Trinajstić information content (AvgIpc) is 2.05. The second-order valence-electron chi connectivity index (χ2n) is 3.48. The van der Waals surface area contributed by atoms with E-state index in [2.05, 4.69) is 19.3 Å². The van der Waals surface area contributed by atoms with Gasteiger partial charge < -0.3 is 5.32 Å². The molecule has 60 valence electrons. The third-order valence-corrected chi connectivity index (χ3v) is 2.81. The lowest BCUT2D eigenvalue weighted by Gasteiger charge is -2.27. The molecule has 0 radical (unpaired) electrons. The van der Waals surface area contributed by atoms with E-state index in [1.807, 2.05) is 0 Å². The van der Waals surface area contributed by atoms with E-state index in [9.17, 15) is 0 Å². The van der Waals surface area contributed by atoms with Crippen molar-refractivity contribution in [1.82, 2.24) is 5.32 Å². The van der Waals surface area contributed by atoms with Crippen LogP contribution in [-0.4, -0.2) is 13.1 Å². The van der Waals surface area contributed by atoms with Crippen molar-refractivity contribution in [2.45, 2.75) is 45.1 Å². The molecule has 0 spiro atoms. The lowest BCUT2D eigenvalue weighted by molar-refractivity contribution is 0.291. The molecule has 0 heterocycles. The Labute approximate surface area is 64.2 Å². The van der Waals surface area contributed by atoms with Crippen molar-refractivity contribution < 1.29 is 0 Å². The van der Waals surface area contributed by atoms with Crippen LogP contribution in [0.5, 0.6) is 0 Å². The van der Waals surface area contributed by atoms with Gasteiger partial charge in [-0.25, -0.2) is 0 Å². The fourth-order valence-corrected chi connectivity index (χ4v) is 1.87. The monoisotopic (exact) mass is 141 g/mol. The molecule has 1 aliphatic carbocycles. The minimum absolute atomic E-state index is 0.736. The van der Waals surface area contributed by atoms with E-state index in [1.54, 1.807) is 0 Å². The van der Waals surface area contributed by atoms with Gasteiger partial charge in [0.1, 0.15) is 0 Å². The van der Waals surface area contributed by atoms with Gasteiger partial charge >= 0.3 is 0 Å². The molecule has 0 aromatic heterocycles. The zero-order valence-corrected chi connectivity index (χ0v) is 7.19. The van der Waals surface area contributed by atoms with Gasteiger partial charge in [0.25, 0.3) is 0 Å². The molecule has 0 aliphatic heterocycles. The zero-order chi connectivity index (χ0) is 7.40. The largest absolute Gasteiger partial charge is 0.317 e. The molecule has 0 unspecified atom stereocenters. The Morgan fingerprint density at radius 2 is 1.80 bits per heavy atom. The van der Waals surface area contributed by atoms with Crippen LogP contribution in [0.2, 0.25) is 0 Å². The molecule has 1 heteroatoms. The van der Waals surface area contributed by atoms with Crippen LogP contribution in [0.4, 0.5) is 0 Å². The lowest BCUT2D eigenvalue weighted by Crippen LogP contribution is -2.31. The van der Waals surface area contributed by atoms with Crippen LogP contribution in [0, 0.1) is 5.92 Å². The molecule has 10 heavy (non-hydrogen) atoms. The normalized spacial score (nSPS) is 24.6. The van der Waals surface area contributed by atoms with Gasteiger partial charge in [0.2, 0.25) is 0 Å². The summed E-state index contributed by atoms with van der Waals surface area (Å²) in [6.45, 7) is 2.30. The second-order valence-corrected chi connectivity index (χ2v) is 3.48. The van der Waals surface area contributed by atoms with Crippen molar-refractivity contribution in [3.63, 3.8) is 0 Å². The zero-order valence-electron chi connectivity index (χ0n) is 7.19. The fraction of sp³-hybridized carbons (Fsp3) is 1.00. The summed E-state index contributed by atoms with van der Waals surface area (Å²) in [4.78, 5) is 0. The lowest BCUT2D eigenvalue weighted by atomic mass is 9.85. The van der Waals surface area contributed by atoms with Crippen LogP contribution in [-0.2, 0) is 0 Å². The summed E-state index contributed by atoms with van der Waals surface area (Å²) >= 11 is 0. The van der Waals surface area contributed by atoms with Gasteiger partial charge in [0, 0.05) is 6.04 Å². The molecule has 0 saturated heterocycles. The summed E-state index contributed by atoms with van der Waals surface area (Å²) in [6.07, 6.45) is 7.27. The van der Waals surface area contributed by atoms with E-state index in [0.717, 1.165) is 12.0 Å². The van der Waals surface area contributed by atoms with Crippen LogP contribution in [0.3, 0.4) is 0 Å². The van der Waals surface area contributed by atoms with Crippen molar-refractivity contribution >= 4 is 0 Å². The van der Waals surface area contributed by atoms with Crippen LogP contribution in [0.1, 0.15) is 39.0 Å². The Kier molecular flexibility index (Phi) is 3.20. The van der Waals surface area contributed by atoms with E-state index in [-0.39, 0.29) is 0 Å². The highest BCUT2D eigenvalue weighted by Crippen LogP contribution is 2.25. The highest BCUT2D eigenvalue weighted by atomic mass is 14.9. The standard InChI is InChI=1S/C9H19N/c1-8(10-2)9-6-4-3-5-7-9/h8-10H,3-7H2,1-2H3/t8-/m1/s1. The van der Waals surface area contributed by atoms with Crippen molar-refractivity contribution in [2.75, 3.05) is 7.05 Å². The van der Waals surface area contributed by atoms with E-state index >= 15 is 0 Å². The third kappa shape index (κ3) is 1.98. The molecule has 0 aromatic carbocycles. The Bertz CT molecular complexity index is 84.7. The molecule has 0 bridgehead atoms. The first-order valence-corrected chi connectivity index (χ1v) is 4.52. The first kappa shape index (κ1) is 8.06. The predicted octanol–water partition coefficient (Wildman–Crippen LogP) is 2.17. The summed E-state index contributed by atoms with van der Waals surface area (Å²) in [5, 5.41) is 3.33. The van der Waals surface area contributed by atoms with Gasteiger partial charge in [0.15, 0.2) is 0 Å². The number of hydrogen-bond donors (Lipinski definition) is 1. The SMILES string of the molecule is CN[C@H](C)C1CCCCC1. The van der Waals surface area contributed by atoms with Gasteiger partial charge in [-0.3, -0.25) is 0 Å². The highest BCUT2D eigenvalue weighted by molar-refractivity contribution is 4.74. The molecular weight excluding hydrogens is 122 g/mol. The van der Waals surface area contributed by atoms with Crippen LogP contribution >= 0.6 is 0 Å². The quantitative estimate of drug-likeness (QED) is 0.621. The van der Waals surface area contributed by atoms with Gasteiger partial charge in [-0.15, -0.1) is 0 Å². The van der Waals surface area contributed by atoms with Gasteiger partial charge in [-0.05, 0) is 32.7 Å². The van der Waals surface area contributed by atoms with Crippen molar-refractivity contribution in [3.05, 3.63) is 0 Å². The van der Waals surface area contributed by atoms with Crippen LogP contribution in [0.25, 0.3) is 0 Å². The van der Waals surface area contributed by atoms with E-state index in [0.29, 0.717) is 0 Å². The Morgan fingerprint density at radius 1 is 1.20 bits per heavy atom. The highest BCUT2D eigenvalue weighted by Gasteiger charge is 2.17. The third-order valence-electron chi connectivity index (χ3n) is 2.81. The minimum Gasteiger partial charge on any atom is -0.317 e. The van der Waals surface area contributed by atoms with Gasteiger partial charge in [-0.1, -0.05) is 19.3 Å². The molecule has 1 N–H and O–H groups in total. The first-order valence-electron chi connectivity index (χ1n) is 4.52. The summed E-state index contributed by atoms with van der Waals surface area (Å²) in [5.41, 5.74) is 0. The molecule has 1 nitrogen and oxygen atoms in total. The van der Waals surface area contributed by atoms with E-state index < -0.39 is 0 Å². The van der Waals surface area contributed by atoms with E-state index in [1.165, 1.54) is 32.1 Å². The average molecular weight is 141 g/mol. The maximum Gasteiger partial charge on any atom is 0.00639 e. The van der Waals surface area contributed by atoms with Crippen molar-refractivity contribution in [2.24, 2.45) is 5.92 Å². The van der Waals surface area contributed by atoms with Crippen LogP contribution < -0.4 is 5.32 Å². The first-order chi connectivity index (χ1) is 4.84. The molecule has 1 rings (SSSR count). The Hall–Kier alpha value is -0.0400. The Balaban J connectivity index is 2.24. The summed E-state index contributed by atoms with van der Waals surface area (Å²) in [7, 11) is 2.07. The molecule has 0 aromatic rings. The summed E-state index contributed by atoms with van der Waals surface area (Å²) < 4.78 is 0.